The molecule has 0 amide bonds. The zero-order valence-electron chi connectivity index (χ0n) is 10.1. The lowest BCUT2D eigenvalue weighted by Crippen LogP contribution is -2.38. The van der Waals surface area contributed by atoms with E-state index in [0.29, 0.717) is 13.1 Å². The van der Waals surface area contributed by atoms with Crippen LogP contribution in [0.25, 0.3) is 0 Å². The van der Waals surface area contributed by atoms with Crippen molar-refractivity contribution in [3.05, 3.63) is 23.8 Å². The van der Waals surface area contributed by atoms with E-state index < -0.39 is 10.0 Å². The van der Waals surface area contributed by atoms with Gasteiger partial charge in [0.25, 0.3) is 0 Å². The van der Waals surface area contributed by atoms with Gasteiger partial charge in [-0.1, -0.05) is 0 Å². The van der Waals surface area contributed by atoms with Crippen molar-refractivity contribution in [2.24, 2.45) is 0 Å². The summed E-state index contributed by atoms with van der Waals surface area (Å²) in [6.07, 6.45) is 4.81. The van der Waals surface area contributed by atoms with Gasteiger partial charge in [0.05, 0.1) is 6.26 Å². The van der Waals surface area contributed by atoms with Crippen molar-refractivity contribution in [1.29, 1.82) is 0 Å². The van der Waals surface area contributed by atoms with Gasteiger partial charge in [-0.25, -0.2) is 22.7 Å². The lowest BCUT2D eigenvalue weighted by atomic mass is 9.99. The third-order valence-electron chi connectivity index (χ3n) is 3.03. The lowest BCUT2D eigenvalue weighted by Gasteiger charge is -2.30. The molecule has 0 saturated carbocycles. The summed E-state index contributed by atoms with van der Waals surface area (Å²) in [6.45, 7) is 3.03. The minimum absolute atomic E-state index is 0.123. The summed E-state index contributed by atoms with van der Waals surface area (Å²) in [7, 11) is -3.10. The van der Waals surface area contributed by atoms with Crippen LogP contribution < -0.4 is 0 Å². The standard InChI is InChI=1S/C11H17N3O2S/c1-9-5-6-12-11(13-9)10-4-3-7-14(8-10)17(2,15)16/h5-6,10H,3-4,7-8H2,1-2H3/t10-/m0/s1. The van der Waals surface area contributed by atoms with E-state index in [0.717, 1.165) is 24.4 Å². The first-order valence-corrected chi connectivity index (χ1v) is 7.56. The summed E-state index contributed by atoms with van der Waals surface area (Å²) < 4.78 is 24.6. The van der Waals surface area contributed by atoms with Gasteiger partial charge < -0.3 is 0 Å². The van der Waals surface area contributed by atoms with Crippen LogP contribution in [0.15, 0.2) is 12.3 Å². The summed E-state index contributed by atoms with van der Waals surface area (Å²) in [5.74, 6) is 0.886. The Balaban J connectivity index is 2.18. The number of sulfonamides is 1. The number of nitrogens with zero attached hydrogens (tertiary/aromatic N) is 3. The second kappa shape index (κ2) is 4.70. The van der Waals surface area contributed by atoms with Crippen LogP contribution in [0.5, 0.6) is 0 Å². The van der Waals surface area contributed by atoms with Crippen molar-refractivity contribution in [2.75, 3.05) is 19.3 Å². The Morgan fingerprint density at radius 2 is 2.24 bits per heavy atom. The van der Waals surface area contributed by atoms with Crippen LogP contribution in [0.4, 0.5) is 0 Å². The molecule has 1 atom stereocenters. The predicted molar refractivity (Wildman–Crippen MR) is 65.2 cm³/mol. The third kappa shape index (κ3) is 3.01. The van der Waals surface area contributed by atoms with Crippen LogP contribution >= 0.6 is 0 Å². The molecule has 0 unspecified atom stereocenters. The quantitative estimate of drug-likeness (QED) is 0.788. The van der Waals surface area contributed by atoms with Crippen molar-refractivity contribution in [1.82, 2.24) is 14.3 Å². The summed E-state index contributed by atoms with van der Waals surface area (Å²) in [6, 6.07) is 1.85. The first kappa shape index (κ1) is 12.4. The highest BCUT2D eigenvalue weighted by atomic mass is 32.2. The molecule has 1 aliphatic rings. The van der Waals surface area contributed by atoms with E-state index in [2.05, 4.69) is 9.97 Å². The SMILES string of the molecule is Cc1ccnc([C@H]2CCCN(S(C)(=O)=O)C2)n1. The van der Waals surface area contributed by atoms with Gasteiger partial charge in [0.15, 0.2) is 0 Å². The van der Waals surface area contributed by atoms with Crippen LogP contribution in [0, 0.1) is 6.92 Å². The molecule has 0 aliphatic carbocycles. The second-order valence-corrected chi connectivity index (χ2v) is 6.50. The van der Waals surface area contributed by atoms with E-state index in [1.165, 1.54) is 10.6 Å². The van der Waals surface area contributed by atoms with Crippen LogP contribution in [0.1, 0.15) is 30.3 Å². The average molecular weight is 255 g/mol. The van der Waals surface area contributed by atoms with Crippen LogP contribution in [0.3, 0.4) is 0 Å². The van der Waals surface area contributed by atoms with E-state index in [4.69, 9.17) is 0 Å². The Bertz CT molecular complexity index is 501. The summed E-state index contributed by atoms with van der Waals surface area (Å²) in [4.78, 5) is 8.63. The molecule has 2 heterocycles. The van der Waals surface area contributed by atoms with Gasteiger partial charge in [-0.2, -0.15) is 0 Å². The highest BCUT2D eigenvalue weighted by molar-refractivity contribution is 7.88. The molecule has 1 aliphatic heterocycles. The van der Waals surface area contributed by atoms with Gasteiger partial charge in [-0.3, -0.25) is 0 Å². The predicted octanol–water partition coefficient (Wildman–Crippen LogP) is 0.924. The fraction of sp³-hybridized carbons (Fsp3) is 0.636. The van der Waals surface area contributed by atoms with Crippen molar-refractivity contribution in [3.63, 3.8) is 0 Å². The Kier molecular flexibility index (Phi) is 3.44. The smallest absolute Gasteiger partial charge is 0.211 e. The van der Waals surface area contributed by atoms with Crippen molar-refractivity contribution < 1.29 is 8.42 Å². The van der Waals surface area contributed by atoms with Gasteiger partial charge >= 0.3 is 0 Å². The monoisotopic (exact) mass is 255 g/mol. The fourth-order valence-corrected chi connectivity index (χ4v) is 3.03. The normalized spacial score (nSPS) is 22.6. The molecule has 0 N–H and O–H groups in total. The molecule has 17 heavy (non-hydrogen) atoms. The van der Waals surface area contributed by atoms with Gasteiger partial charge in [0.2, 0.25) is 10.0 Å². The van der Waals surface area contributed by atoms with E-state index in [-0.39, 0.29) is 5.92 Å². The number of hydrogen-bond acceptors (Lipinski definition) is 4. The Hall–Kier alpha value is -1.01. The molecular formula is C11H17N3O2S. The van der Waals surface area contributed by atoms with Gasteiger partial charge in [-0.05, 0) is 25.8 Å². The summed E-state index contributed by atoms with van der Waals surface area (Å²) in [5.41, 5.74) is 0.923. The zero-order valence-corrected chi connectivity index (χ0v) is 10.9. The molecule has 0 bridgehead atoms. The number of hydrogen-bond donors (Lipinski definition) is 0. The molecule has 0 radical (unpaired) electrons. The van der Waals surface area contributed by atoms with Crippen molar-refractivity contribution in [3.8, 4) is 0 Å². The van der Waals surface area contributed by atoms with Gasteiger partial charge in [0, 0.05) is 30.9 Å². The molecule has 6 heteroatoms. The number of piperidine rings is 1. The highest BCUT2D eigenvalue weighted by Gasteiger charge is 2.28. The molecule has 0 aromatic carbocycles. The summed E-state index contributed by atoms with van der Waals surface area (Å²) in [5, 5.41) is 0. The van der Waals surface area contributed by atoms with E-state index in [1.54, 1.807) is 6.20 Å². The average Bonchev–Trinajstić information content (AvgIpc) is 2.28. The van der Waals surface area contributed by atoms with E-state index >= 15 is 0 Å². The number of aryl methyl sites for hydroxylation is 1. The van der Waals surface area contributed by atoms with Crippen LogP contribution in [-0.4, -0.2) is 42.0 Å². The van der Waals surface area contributed by atoms with E-state index in [1.807, 2.05) is 13.0 Å². The molecule has 1 aromatic rings. The first-order chi connectivity index (χ1) is 7.97. The minimum Gasteiger partial charge on any atom is -0.241 e. The van der Waals surface area contributed by atoms with Crippen molar-refractivity contribution >= 4 is 10.0 Å². The first-order valence-electron chi connectivity index (χ1n) is 5.71. The maximum atomic E-state index is 11.5. The maximum absolute atomic E-state index is 11.5. The lowest BCUT2D eigenvalue weighted by molar-refractivity contribution is 0.311. The molecule has 1 aromatic heterocycles. The Morgan fingerprint density at radius 3 is 2.88 bits per heavy atom. The Labute approximate surface area is 102 Å². The third-order valence-corrected chi connectivity index (χ3v) is 4.30. The van der Waals surface area contributed by atoms with Crippen LogP contribution in [-0.2, 0) is 10.0 Å². The maximum Gasteiger partial charge on any atom is 0.211 e. The highest BCUT2D eigenvalue weighted by Crippen LogP contribution is 2.25. The molecular weight excluding hydrogens is 238 g/mol. The van der Waals surface area contributed by atoms with E-state index in [9.17, 15) is 8.42 Å². The topological polar surface area (TPSA) is 63.2 Å². The molecule has 0 spiro atoms. The second-order valence-electron chi connectivity index (χ2n) is 4.52. The number of rotatable bonds is 2. The summed E-state index contributed by atoms with van der Waals surface area (Å²) >= 11 is 0. The fourth-order valence-electron chi connectivity index (χ4n) is 2.12. The van der Waals surface area contributed by atoms with Gasteiger partial charge in [-0.15, -0.1) is 0 Å². The number of aromatic nitrogens is 2. The molecule has 2 rings (SSSR count). The minimum atomic E-state index is -3.10. The molecule has 5 nitrogen and oxygen atoms in total. The zero-order chi connectivity index (χ0) is 12.5. The molecule has 1 saturated heterocycles. The Morgan fingerprint density at radius 1 is 1.47 bits per heavy atom. The molecule has 94 valence electrons. The van der Waals surface area contributed by atoms with Gasteiger partial charge in [0.1, 0.15) is 5.82 Å². The largest absolute Gasteiger partial charge is 0.241 e. The molecule has 1 fully saturated rings. The van der Waals surface area contributed by atoms with Crippen molar-refractivity contribution in [2.45, 2.75) is 25.7 Å². The van der Waals surface area contributed by atoms with Crippen LogP contribution in [0.2, 0.25) is 0 Å².